The van der Waals surface area contributed by atoms with Gasteiger partial charge in [0.1, 0.15) is 11.8 Å². The molecule has 2 rings (SSSR count). The van der Waals surface area contributed by atoms with Crippen LogP contribution in [-0.2, 0) is 0 Å². The normalized spacial score (nSPS) is 9.95. The predicted octanol–water partition coefficient (Wildman–Crippen LogP) is 4.81. The molecule has 0 fully saturated rings. The van der Waals surface area contributed by atoms with Crippen molar-refractivity contribution in [1.29, 1.82) is 5.26 Å². The minimum Gasteiger partial charge on any atom is -0.494 e. The molecule has 0 saturated heterocycles. The summed E-state index contributed by atoms with van der Waals surface area (Å²) in [5.74, 6) is 1.76. The van der Waals surface area contributed by atoms with Gasteiger partial charge in [0.05, 0.1) is 17.9 Å². The number of nitrogens with one attached hydrogen (secondary N) is 1. The summed E-state index contributed by atoms with van der Waals surface area (Å²) in [6.07, 6.45) is 0. The van der Waals surface area contributed by atoms with Crippen LogP contribution in [0, 0.1) is 11.3 Å². The van der Waals surface area contributed by atoms with Gasteiger partial charge in [-0.15, -0.1) is 11.8 Å². The molecule has 0 aliphatic heterocycles. The number of hydrogen-bond acceptors (Lipinski definition) is 4. The fourth-order valence-corrected chi connectivity index (χ4v) is 2.80. The van der Waals surface area contributed by atoms with Crippen LogP contribution in [0.5, 0.6) is 5.75 Å². The summed E-state index contributed by atoms with van der Waals surface area (Å²) in [4.78, 5) is 1.01. The van der Waals surface area contributed by atoms with E-state index in [9.17, 15) is 5.26 Å². The van der Waals surface area contributed by atoms with Gasteiger partial charge in [0.2, 0.25) is 0 Å². The molecule has 0 radical (unpaired) electrons. The average molecular weight is 298 g/mol. The van der Waals surface area contributed by atoms with Crippen molar-refractivity contribution in [3.8, 4) is 11.8 Å². The van der Waals surface area contributed by atoms with Crippen molar-refractivity contribution >= 4 is 23.1 Å². The third-order valence-corrected chi connectivity index (χ3v) is 3.80. The predicted molar refractivity (Wildman–Crippen MR) is 88.4 cm³/mol. The first-order chi connectivity index (χ1) is 10.3. The Morgan fingerprint density at radius 3 is 2.71 bits per heavy atom. The molecule has 2 aromatic carbocycles. The van der Waals surface area contributed by atoms with Gasteiger partial charge in [-0.25, -0.2) is 0 Å². The molecule has 0 unspecified atom stereocenters. The number of ether oxygens (including phenoxy) is 1. The van der Waals surface area contributed by atoms with E-state index in [0.717, 1.165) is 27.8 Å². The second-order valence-electron chi connectivity index (χ2n) is 4.31. The highest BCUT2D eigenvalue weighted by Gasteiger charge is 2.08. The van der Waals surface area contributed by atoms with Crippen LogP contribution in [-0.4, -0.2) is 12.4 Å². The fourth-order valence-electron chi connectivity index (χ4n) is 2.01. The van der Waals surface area contributed by atoms with E-state index >= 15 is 0 Å². The molecule has 0 heterocycles. The van der Waals surface area contributed by atoms with Crippen molar-refractivity contribution in [1.82, 2.24) is 0 Å². The molecule has 0 amide bonds. The van der Waals surface area contributed by atoms with E-state index in [2.05, 4.69) is 18.3 Å². The van der Waals surface area contributed by atoms with Crippen LogP contribution in [0.15, 0.2) is 47.4 Å². The lowest BCUT2D eigenvalue weighted by atomic mass is 10.2. The molecule has 21 heavy (non-hydrogen) atoms. The van der Waals surface area contributed by atoms with Crippen molar-refractivity contribution in [2.45, 2.75) is 18.7 Å². The lowest BCUT2D eigenvalue weighted by molar-refractivity contribution is 0.340. The van der Waals surface area contributed by atoms with Crippen molar-refractivity contribution in [3.63, 3.8) is 0 Å². The van der Waals surface area contributed by atoms with Crippen LogP contribution in [0.1, 0.15) is 19.4 Å². The molecule has 0 atom stereocenters. The molecule has 0 aliphatic carbocycles. The second kappa shape index (κ2) is 7.61. The Hall–Kier alpha value is -2.12. The molecule has 0 aromatic heterocycles. The molecule has 0 bridgehead atoms. The highest BCUT2D eigenvalue weighted by molar-refractivity contribution is 7.99. The summed E-state index contributed by atoms with van der Waals surface area (Å²) < 4.78 is 5.49. The summed E-state index contributed by atoms with van der Waals surface area (Å²) >= 11 is 1.68. The van der Waals surface area contributed by atoms with Gasteiger partial charge in [0.25, 0.3) is 0 Å². The van der Waals surface area contributed by atoms with E-state index in [1.807, 2.05) is 49.4 Å². The first kappa shape index (κ1) is 15.3. The minimum atomic E-state index is 0.634. The smallest absolute Gasteiger partial charge is 0.121 e. The van der Waals surface area contributed by atoms with E-state index < -0.39 is 0 Å². The van der Waals surface area contributed by atoms with Crippen molar-refractivity contribution < 1.29 is 4.74 Å². The highest BCUT2D eigenvalue weighted by Crippen LogP contribution is 2.30. The van der Waals surface area contributed by atoms with E-state index in [1.54, 1.807) is 11.8 Å². The molecule has 2 aromatic rings. The maximum atomic E-state index is 9.41. The van der Waals surface area contributed by atoms with E-state index in [1.165, 1.54) is 0 Å². The largest absolute Gasteiger partial charge is 0.494 e. The first-order valence-electron chi connectivity index (χ1n) is 6.94. The highest BCUT2D eigenvalue weighted by atomic mass is 32.2. The van der Waals surface area contributed by atoms with E-state index in [4.69, 9.17) is 4.74 Å². The van der Waals surface area contributed by atoms with Crippen molar-refractivity contribution in [2.75, 3.05) is 17.7 Å². The van der Waals surface area contributed by atoms with E-state index in [-0.39, 0.29) is 0 Å². The standard InChI is InChI=1S/C17H18N2OS/c1-3-20-14-8-5-7-13(11-14)19-16-9-6-10-17(21-4-2)15(16)12-18/h5-11,19H,3-4H2,1-2H3. The molecule has 3 nitrogen and oxygen atoms in total. The number of nitrogens with zero attached hydrogens (tertiary/aromatic N) is 1. The van der Waals surface area contributed by atoms with Crippen LogP contribution in [0.2, 0.25) is 0 Å². The minimum absolute atomic E-state index is 0.634. The maximum absolute atomic E-state index is 9.41. The summed E-state index contributed by atoms with van der Waals surface area (Å²) in [7, 11) is 0. The number of anilines is 2. The summed E-state index contributed by atoms with van der Waals surface area (Å²) in [5.41, 5.74) is 2.42. The monoisotopic (exact) mass is 298 g/mol. The summed E-state index contributed by atoms with van der Waals surface area (Å²) in [6, 6.07) is 15.9. The lowest BCUT2D eigenvalue weighted by Gasteiger charge is -2.12. The van der Waals surface area contributed by atoms with Crippen molar-refractivity contribution in [3.05, 3.63) is 48.0 Å². The molecule has 0 aliphatic rings. The Bertz CT molecular complexity index is 649. The lowest BCUT2D eigenvalue weighted by Crippen LogP contribution is -1.97. The zero-order valence-corrected chi connectivity index (χ0v) is 13.0. The van der Waals surface area contributed by atoms with Gasteiger partial charge in [-0.3, -0.25) is 0 Å². The molecule has 108 valence electrons. The molecule has 0 spiro atoms. The van der Waals surface area contributed by atoms with Crippen molar-refractivity contribution in [2.24, 2.45) is 0 Å². The molecule has 1 N–H and O–H groups in total. The SMILES string of the molecule is CCOc1cccc(Nc2cccc(SCC)c2C#N)c1. The second-order valence-corrected chi connectivity index (χ2v) is 5.62. The molecular formula is C17H18N2OS. The summed E-state index contributed by atoms with van der Waals surface area (Å²) in [6.45, 7) is 4.67. The van der Waals surface area contributed by atoms with E-state index in [0.29, 0.717) is 12.2 Å². The zero-order valence-electron chi connectivity index (χ0n) is 12.2. The Kier molecular flexibility index (Phi) is 5.53. The van der Waals surface area contributed by atoms with Crippen LogP contribution < -0.4 is 10.1 Å². The molecule has 4 heteroatoms. The van der Waals surface area contributed by atoms with Gasteiger partial charge in [0, 0.05) is 16.6 Å². The van der Waals surface area contributed by atoms with Crippen LogP contribution >= 0.6 is 11.8 Å². The van der Waals surface area contributed by atoms with Crippen LogP contribution in [0.25, 0.3) is 0 Å². The first-order valence-corrected chi connectivity index (χ1v) is 7.92. The number of hydrogen-bond donors (Lipinski definition) is 1. The molecule has 0 saturated carbocycles. The Morgan fingerprint density at radius 2 is 2.00 bits per heavy atom. The summed E-state index contributed by atoms with van der Waals surface area (Å²) in [5, 5.41) is 12.7. The van der Waals surface area contributed by atoms with Gasteiger partial charge in [0.15, 0.2) is 0 Å². The van der Waals surface area contributed by atoms with Gasteiger partial charge in [-0.2, -0.15) is 5.26 Å². The van der Waals surface area contributed by atoms with Gasteiger partial charge >= 0.3 is 0 Å². The number of thioether (sulfide) groups is 1. The van der Waals surface area contributed by atoms with Crippen LogP contribution in [0.4, 0.5) is 11.4 Å². The Labute approximate surface area is 129 Å². The third kappa shape index (κ3) is 3.93. The van der Waals surface area contributed by atoms with Crippen LogP contribution in [0.3, 0.4) is 0 Å². The van der Waals surface area contributed by atoms with Gasteiger partial charge in [-0.1, -0.05) is 19.1 Å². The topological polar surface area (TPSA) is 45.0 Å². The quantitative estimate of drug-likeness (QED) is 0.777. The van der Waals surface area contributed by atoms with Gasteiger partial charge in [-0.05, 0) is 36.9 Å². The maximum Gasteiger partial charge on any atom is 0.121 e. The molecular weight excluding hydrogens is 280 g/mol. The fraction of sp³-hybridized carbons (Fsp3) is 0.235. The van der Waals surface area contributed by atoms with Gasteiger partial charge < -0.3 is 10.1 Å². The Morgan fingerprint density at radius 1 is 1.19 bits per heavy atom. The number of nitriles is 1. The third-order valence-electron chi connectivity index (χ3n) is 2.86. The number of rotatable bonds is 6. The number of benzene rings is 2. The average Bonchev–Trinajstić information content (AvgIpc) is 2.49. The zero-order chi connectivity index (χ0) is 15.1. The Balaban J connectivity index is 2.29.